The minimum atomic E-state index is -2.85. The number of hydrogen-bond acceptors (Lipinski definition) is 6. The van der Waals surface area contributed by atoms with E-state index in [2.05, 4.69) is 4.90 Å². The lowest BCUT2D eigenvalue weighted by atomic mass is 10.0. The molecule has 0 aromatic rings. The van der Waals surface area contributed by atoms with Crippen molar-refractivity contribution in [3.63, 3.8) is 0 Å². The van der Waals surface area contributed by atoms with Gasteiger partial charge in [-0.3, -0.25) is 9.69 Å². The molecule has 0 N–H and O–H groups in total. The molecule has 0 aromatic carbocycles. The van der Waals surface area contributed by atoms with E-state index in [1.165, 1.54) is 7.11 Å². The molecule has 2 aliphatic heterocycles. The molecule has 2 aliphatic rings. The average molecular weight is 321 g/mol. The second-order valence-corrected chi connectivity index (χ2v) is 9.01. The van der Waals surface area contributed by atoms with Crippen LogP contribution in [0.5, 0.6) is 0 Å². The first kappa shape index (κ1) is 16.1. The Morgan fingerprint density at radius 2 is 2.25 bits per heavy atom. The van der Waals surface area contributed by atoms with Gasteiger partial charge in [-0.05, 0) is 18.8 Å². The third-order valence-electron chi connectivity index (χ3n) is 4.03. The second kappa shape index (κ2) is 7.13. The molecule has 5 nitrogen and oxygen atoms in total. The Hall–Kier alpha value is -0.270. The van der Waals surface area contributed by atoms with E-state index in [0.29, 0.717) is 17.9 Å². The van der Waals surface area contributed by atoms with Crippen LogP contribution in [0.15, 0.2) is 0 Å². The van der Waals surface area contributed by atoms with Crippen molar-refractivity contribution in [3.05, 3.63) is 0 Å². The number of rotatable bonds is 4. The summed E-state index contributed by atoms with van der Waals surface area (Å²) in [5.74, 6) is 2.66. The second-order valence-electron chi connectivity index (χ2n) is 5.63. The summed E-state index contributed by atoms with van der Waals surface area (Å²) in [6, 6.07) is 0.186. The zero-order chi connectivity index (χ0) is 14.6. The molecule has 2 saturated heterocycles. The van der Waals surface area contributed by atoms with E-state index in [1.54, 1.807) is 0 Å². The third-order valence-corrected chi connectivity index (χ3v) is 7.01. The van der Waals surface area contributed by atoms with Crippen molar-refractivity contribution in [1.29, 1.82) is 0 Å². The van der Waals surface area contributed by atoms with Gasteiger partial charge in [0.25, 0.3) is 0 Å². The largest absolute Gasteiger partial charge is 0.469 e. The first-order valence-electron chi connectivity index (χ1n) is 7.09. The van der Waals surface area contributed by atoms with Crippen LogP contribution < -0.4 is 0 Å². The zero-order valence-electron chi connectivity index (χ0n) is 11.9. The van der Waals surface area contributed by atoms with Gasteiger partial charge in [0.2, 0.25) is 0 Å². The van der Waals surface area contributed by atoms with Crippen molar-refractivity contribution < 1.29 is 17.9 Å². The molecule has 0 radical (unpaired) electrons. The molecule has 0 bridgehead atoms. The van der Waals surface area contributed by atoms with Crippen LogP contribution >= 0.6 is 11.8 Å². The van der Waals surface area contributed by atoms with Gasteiger partial charge in [0, 0.05) is 30.6 Å². The topological polar surface area (TPSA) is 63.7 Å². The van der Waals surface area contributed by atoms with Gasteiger partial charge in [0.1, 0.15) is 0 Å². The van der Waals surface area contributed by atoms with E-state index in [1.807, 2.05) is 11.8 Å². The first-order chi connectivity index (χ1) is 9.50. The van der Waals surface area contributed by atoms with E-state index in [-0.39, 0.29) is 17.9 Å². The fraction of sp³-hybridized carbons (Fsp3) is 0.923. The van der Waals surface area contributed by atoms with E-state index < -0.39 is 9.84 Å². The number of sulfone groups is 1. The van der Waals surface area contributed by atoms with Crippen molar-refractivity contribution in [2.24, 2.45) is 5.92 Å². The minimum Gasteiger partial charge on any atom is -0.469 e. The normalized spacial score (nSPS) is 30.9. The Balaban J connectivity index is 1.92. The summed E-state index contributed by atoms with van der Waals surface area (Å²) >= 11 is 1.85. The van der Waals surface area contributed by atoms with Crippen molar-refractivity contribution in [1.82, 2.24) is 4.90 Å². The van der Waals surface area contributed by atoms with Gasteiger partial charge in [-0.15, -0.1) is 0 Å². The summed E-state index contributed by atoms with van der Waals surface area (Å²) in [6.45, 7) is 1.73. The maximum atomic E-state index is 11.7. The summed E-state index contributed by atoms with van der Waals surface area (Å²) < 4.78 is 28.2. The van der Waals surface area contributed by atoms with Gasteiger partial charge < -0.3 is 4.74 Å². The Labute approximate surface area is 125 Å². The number of nitrogens with zero attached hydrogens (tertiary/aromatic N) is 1. The first-order valence-corrected chi connectivity index (χ1v) is 10.1. The highest BCUT2D eigenvalue weighted by atomic mass is 32.2. The highest BCUT2D eigenvalue weighted by Gasteiger charge is 2.31. The van der Waals surface area contributed by atoms with E-state index in [4.69, 9.17) is 4.74 Å². The maximum Gasteiger partial charge on any atom is 0.307 e. The summed E-state index contributed by atoms with van der Waals surface area (Å²) in [5.41, 5.74) is 0. The van der Waals surface area contributed by atoms with Gasteiger partial charge in [0.05, 0.1) is 25.0 Å². The predicted molar refractivity (Wildman–Crippen MR) is 80.7 cm³/mol. The molecule has 2 fully saturated rings. The summed E-state index contributed by atoms with van der Waals surface area (Å²) in [5, 5.41) is 0. The molecule has 0 aliphatic carbocycles. The Bertz CT molecular complexity index is 438. The molecule has 0 aromatic heterocycles. The quantitative estimate of drug-likeness (QED) is 0.714. The van der Waals surface area contributed by atoms with E-state index in [9.17, 15) is 13.2 Å². The monoisotopic (exact) mass is 321 g/mol. The molecular weight excluding hydrogens is 298 g/mol. The third kappa shape index (κ3) is 4.63. The van der Waals surface area contributed by atoms with Crippen LogP contribution in [0.4, 0.5) is 0 Å². The molecule has 2 atom stereocenters. The SMILES string of the molecule is COC(=O)C[C@H]1CSCCN1C[C@@H]1CCCS(=O)(=O)C1. The molecule has 116 valence electrons. The van der Waals surface area contributed by atoms with Gasteiger partial charge in [-0.25, -0.2) is 8.42 Å². The van der Waals surface area contributed by atoms with Crippen molar-refractivity contribution in [2.75, 3.05) is 43.2 Å². The Kier molecular flexibility index (Phi) is 5.74. The number of esters is 1. The van der Waals surface area contributed by atoms with Crippen molar-refractivity contribution >= 4 is 27.6 Å². The number of carbonyl (C=O) groups is 1. The highest BCUT2D eigenvalue weighted by Crippen LogP contribution is 2.24. The van der Waals surface area contributed by atoms with Crippen LogP contribution in [0.3, 0.4) is 0 Å². The van der Waals surface area contributed by atoms with Crippen LogP contribution in [0, 0.1) is 5.92 Å². The molecule has 2 heterocycles. The Morgan fingerprint density at radius 3 is 2.95 bits per heavy atom. The van der Waals surface area contributed by atoms with Crippen LogP contribution in [0.2, 0.25) is 0 Å². The fourth-order valence-corrected chi connectivity index (χ4v) is 5.88. The van der Waals surface area contributed by atoms with Crippen LogP contribution in [0.1, 0.15) is 19.3 Å². The van der Waals surface area contributed by atoms with Gasteiger partial charge in [-0.2, -0.15) is 11.8 Å². The van der Waals surface area contributed by atoms with Crippen molar-refractivity contribution in [2.45, 2.75) is 25.3 Å². The fourth-order valence-electron chi connectivity index (χ4n) is 2.99. The average Bonchev–Trinajstić information content (AvgIpc) is 2.39. The number of thioether (sulfide) groups is 1. The van der Waals surface area contributed by atoms with Crippen LogP contribution in [-0.2, 0) is 19.4 Å². The summed E-state index contributed by atoms with van der Waals surface area (Å²) in [4.78, 5) is 13.8. The van der Waals surface area contributed by atoms with E-state index >= 15 is 0 Å². The van der Waals surface area contributed by atoms with Crippen molar-refractivity contribution in [3.8, 4) is 0 Å². The lowest BCUT2D eigenvalue weighted by Gasteiger charge is -2.37. The van der Waals surface area contributed by atoms with Gasteiger partial charge >= 0.3 is 5.97 Å². The number of hydrogen-bond donors (Lipinski definition) is 0. The lowest BCUT2D eigenvalue weighted by Crippen LogP contribution is -2.47. The van der Waals surface area contributed by atoms with Gasteiger partial charge in [-0.1, -0.05) is 0 Å². The molecule has 20 heavy (non-hydrogen) atoms. The van der Waals surface area contributed by atoms with Gasteiger partial charge in [0.15, 0.2) is 9.84 Å². The van der Waals surface area contributed by atoms with Crippen LogP contribution in [-0.4, -0.2) is 68.5 Å². The predicted octanol–water partition coefficient (Wildman–Crippen LogP) is 0.792. The number of carbonyl (C=O) groups excluding carboxylic acids is 1. The van der Waals surface area contributed by atoms with Crippen LogP contribution in [0.25, 0.3) is 0 Å². The number of methoxy groups -OCH3 is 1. The molecule has 7 heteroatoms. The molecule has 2 rings (SSSR count). The molecular formula is C13H23NO4S2. The summed E-state index contributed by atoms with van der Waals surface area (Å²) in [6.07, 6.45) is 2.16. The standard InChI is InChI=1S/C13H23NO4S2/c1-18-13(15)7-12-9-19-5-4-14(12)8-11-3-2-6-20(16,17)10-11/h11-12H,2-10H2,1H3/t11-,12-/m0/s1. The Morgan fingerprint density at radius 1 is 1.45 bits per heavy atom. The smallest absolute Gasteiger partial charge is 0.307 e. The molecule has 0 amide bonds. The highest BCUT2D eigenvalue weighted by molar-refractivity contribution is 7.99. The van der Waals surface area contributed by atoms with E-state index in [0.717, 1.165) is 37.4 Å². The zero-order valence-corrected chi connectivity index (χ0v) is 13.5. The minimum absolute atomic E-state index is 0.182. The maximum absolute atomic E-state index is 11.7. The molecule has 0 spiro atoms. The lowest BCUT2D eigenvalue weighted by molar-refractivity contribution is -0.141. The molecule has 0 saturated carbocycles. The summed E-state index contributed by atoms with van der Waals surface area (Å²) in [7, 11) is -1.44. The number of ether oxygens (including phenoxy) is 1. The molecule has 0 unspecified atom stereocenters.